The van der Waals surface area contributed by atoms with Gasteiger partial charge in [0.2, 0.25) is 5.95 Å². The molecular weight excluding hydrogens is 316 g/mol. The van der Waals surface area contributed by atoms with Crippen LogP contribution in [0, 0.1) is 5.92 Å². The highest BCUT2D eigenvalue weighted by Gasteiger charge is 2.48. The summed E-state index contributed by atoms with van der Waals surface area (Å²) in [6, 6.07) is 3.93. The van der Waals surface area contributed by atoms with Crippen molar-refractivity contribution in [1.29, 1.82) is 0 Å². The number of nitrogens with one attached hydrogen (secondary N) is 2. The number of aromatic amines is 1. The number of aromatic nitrogens is 4. The average molecular weight is 340 g/mol. The standard InChI is InChI=1S/C18H24N6O/c25-18(6-7-18)13-2-1-9-24(11-13)17-19-8-5-15(21-17)20-16-10-14(22-23-16)12-3-4-12/h5,8,10,12-13,25H,1-4,6-7,9,11H2,(H2,19,20,21,22,23)/t13-/m1/s1. The fourth-order valence-corrected chi connectivity index (χ4v) is 3.84. The third-order valence-electron chi connectivity index (χ3n) is 5.74. The minimum Gasteiger partial charge on any atom is -0.390 e. The molecule has 0 amide bonds. The fraction of sp³-hybridized carbons (Fsp3) is 0.611. The summed E-state index contributed by atoms with van der Waals surface area (Å²) in [6.07, 6.45) is 8.35. The lowest BCUT2D eigenvalue weighted by molar-refractivity contribution is 0.0729. The fourth-order valence-electron chi connectivity index (χ4n) is 3.84. The van der Waals surface area contributed by atoms with Crippen molar-refractivity contribution < 1.29 is 5.11 Å². The van der Waals surface area contributed by atoms with Gasteiger partial charge in [0, 0.05) is 42.9 Å². The van der Waals surface area contributed by atoms with Gasteiger partial charge in [-0.05, 0) is 44.6 Å². The van der Waals surface area contributed by atoms with Crippen LogP contribution in [0.1, 0.15) is 50.1 Å². The van der Waals surface area contributed by atoms with E-state index >= 15 is 0 Å². The summed E-state index contributed by atoms with van der Waals surface area (Å²) >= 11 is 0. The summed E-state index contributed by atoms with van der Waals surface area (Å²) in [6.45, 7) is 1.79. The lowest BCUT2D eigenvalue weighted by atomic mass is 9.91. The Kier molecular flexibility index (Phi) is 3.45. The van der Waals surface area contributed by atoms with Gasteiger partial charge in [-0.1, -0.05) is 0 Å². The number of nitrogens with zero attached hydrogens (tertiary/aromatic N) is 4. The zero-order valence-corrected chi connectivity index (χ0v) is 14.3. The van der Waals surface area contributed by atoms with E-state index in [4.69, 9.17) is 0 Å². The number of rotatable bonds is 5. The third kappa shape index (κ3) is 3.08. The Morgan fingerprint density at radius 1 is 1.24 bits per heavy atom. The molecule has 3 N–H and O–H groups in total. The molecule has 3 fully saturated rings. The van der Waals surface area contributed by atoms with Crippen molar-refractivity contribution in [3.63, 3.8) is 0 Å². The average Bonchev–Trinajstić information content (AvgIpc) is 3.57. The lowest BCUT2D eigenvalue weighted by Crippen LogP contribution is -2.42. The SMILES string of the molecule is OC1([C@@H]2CCCN(c3nccc(Nc4cc(C5CC5)[nH]n4)n3)C2)CC1. The van der Waals surface area contributed by atoms with Crippen molar-refractivity contribution in [3.05, 3.63) is 24.0 Å². The number of piperidine rings is 1. The Morgan fingerprint density at radius 2 is 2.12 bits per heavy atom. The number of hydrogen-bond donors (Lipinski definition) is 3. The second-order valence-electron chi connectivity index (χ2n) is 7.74. The highest BCUT2D eigenvalue weighted by Crippen LogP contribution is 2.45. The first kappa shape index (κ1) is 15.1. The molecule has 0 unspecified atom stereocenters. The van der Waals surface area contributed by atoms with Crippen LogP contribution in [0.3, 0.4) is 0 Å². The molecule has 3 aliphatic rings. The Balaban J connectivity index is 1.30. The molecule has 1 aliphatic heterocycles. The molecule has 2 aromatic heterocycles. The van der Waals surface area contributed by atoms with Crippen LogP contribution in [0.15, 0.2) is 18.3 Å². The van der Waals surface area contributed by atoms with Crippen LogP contribution in [-0.2, 0) is 0 Å². The molecule has 1 atom stereocenters. The van der Waals surface area contributed by atoms with E-state index in [0.29, 0.717) is 11.8 Å². The minimum atomic E-state index is -0.428. The lowest BCUT2D eigenvalue weighted by Gasteiger charge is -2.35. The summed E-state index contributed by atoms with van der Waals surface area (Å²) in [5.41, 5.74) is 0.774. The molecule has 7 nitrogen and oxygen atoms in total. The van der Waals surface area contributed by atoms with Crippen molar-refractivity contribution in [3.8, 4) is 0 Å². The van der Waals surface area contributed by atoms with E-state index in [-0.39, 0.29) is 0 Å². The van der Waals surface area contributed by atoms with Crippen LogP contribution in [0.4, 0.5) is 17.6 Å². The van der Waals surface area contributed by atoms with Crippen LogP contribution in [-0.4, -0.2) is 44.0 Å². The smallest absolute Gasteiger partial charge is 0.227 e. The maximum atomic E-state index is 10.4. The number of hydrogen-bond acceptors (Lipinski definition) is 6. The Hall–Kier alpha value is -2.15. The van der Waals surface area contributed by atoms with Crippen molar-refractivity contribution >= 4 is 17.6 Å². The molecule has 2 aromatic rings. The van der Waals surface area contributed by atoms with Crippen molar-refractivity contribution in [2.45, 2.75) is 50.0 Å². The van der Waals surface area contributed by atoms with Crippen LogP contribution in [0.2, 0.25) is 0 Å². The Labute approximate surface area is 146 Å². The molecule has 0 spiro atoms. The second-order valence-corrected chi connectivity index (χ2v) is 7.74. The molecule has 5 rings (SSSR count). The minimum absolute atomic E-state index is 0.342. The van der Waals surface area contributed by atoms with Gasteiger partial charge in [-0.3, -0.25) is 5.10 Å². The summed E-state index contributed by atoms with van der Waals surface area (Å²) in [5, 5.41) is 21.1. The Bertz CT molecular complexity index is 766. The van der Waals surface area contributed by atoms with Crippen molar-refractivity contribution in [2.75, 3.05) is 23.3 Å². The summed E-state index contributed by atoms with van der Waals surface area (Å²) in [4.78, 5) is 11.3. The first-order valence-corrected chi connectivity index (χ1v) is 9.32. The van der Waals surface area contributed by atoms with Gasteiger partial charge < -0.3 is 15.3 Å². The highest BCUT2D eigenvalue weighted by atomic mass is 16.3. The quantitative estimate of drug-likeness (QED) is 0.775. The van der Waals surface area contributed by atoms with E-state index in [0.717, 1.165) is 56.4 Å². The number of aliphatic hydroxyl groups is 1. The molecule has 132 valence electrons. The number of anilines is 3. The molecule has 1 saturated heterocycles. The summed E-state index contributed by atoms with van der Waals surface area (Å²) < 4.78 is 0. The van der Waals surface area contributed by atoms with E-state index in [9.17, 15) is 5.11 Å². The zero-order valence-electron chi connectivity index (χ0n) is 14.3. The first-order valence-electron chi connectivity index (χ1n) is 9.32. The van der Waals surface area contributed by atoms with Crippen molar-refractivity contribution in [1.82, 2.24) is 20.2 Å². The molecular formula is C18H24N6O. The van der Waals surface area contributed by atoms with Crippen LogP contribution in [0.5, 0.6) is 0 Å². The van der Waals surface area contributed by atoms with Crippen molar-refractivity contribution in [2.24, 2.45) is 5.92 Å². The molecule has 0 bridgehead atoms. The van der Waals surface area contributed by atoms with Gasteiger partial charge in [-0.15, -0.1) is 0 Å². The molecule has 3 heterocycles. The molecule has 7 heteroatoms. The molecule has 2 aliphatic carbocycles. The monoisotopic (exact) mass is 340 g/mol. The summed E-state index contributed by atoms with van der Waals surface area (Å²) in [7, 11) is 0. The zero-order chi connectivity index (χ0) is 16.9. The van der Waals surface area contributed by atoms with Crippen LogP contribution < -0.4 is 10.2 Å². The van der Waals surface area contributed by atoms with Gasteiger partial charge in [0.25, 0.3) is 0 Å². The topological polar surface area (TPSA) is 90.0 Å². The molecule has 25 heavy (non-hydrogen) atoms. The van der Waals surface area contributed by atoms with Crippen LogP contribution in [0.25, 0.3) is 0 Å². The number of H-pyrrole nitrogens is 1. The van der Waals surface area contributed by atoms with Gasteiger partial charge in [0.15, 0.2) is 5.82 Å². The van der Waals surface area contributed by atoms with Gasteiger partial charge in [-0.25, -0.2) is 4.98 Å². The molecule has 0 aromatic carbocycles. The van der Waals surface area contributed by atoms with Gasteiger partial charge >= 0.3 is 0 Å². The van der Waals surface area contributed by atoms with Gasteiger partial charge in [0.1, 0.15) is 5.82 Å². The predicted molar refractivity (Wildman–Crippen MR) is 95.0 cm³/mol. The van der Waals surface area contributed by atoms with E-state index in [2.05, 4.69) is 36.4 Å². The highest BCUT2D eigenvalue weighted by molar-refractivity contribution is 5.53. The Morgan fingerprint density at radius 3 is 2.92 bits per heavy atom. The largest absolute Gasteiger partial charge is 0.390 e. The maximum absolute atomic E-state index is 10.4. The second kappa shape index (κ2) is 5.69. The molecule has 0 radical (unpaired) electrons. The predicted octanol–water partition coefficient (Wildman–Crippen LogP) is 2.56. The first-order chi connectivity index (χ1) is 12.2. The summed E-state index contributed by atoms with van der Waals surface area (Å²) in [5.74, 6) is 3.29. The van der Waals surface area contributed by atoms with E-state index < -0.39 is 5.60 Å². The van der Waals surface area contributed by atoms with E-state index in [1.54, 1.807) is 6.20 Å². The maximum Gasteiger partial charge on any atom is 0.227 e. The van der Waals surface area contributed by atoms with Gasteiger partial charge in [-0.2, -0.15) is 10.1 Å². The van der Waals surface area contributed by atoms with E-state index in [1.165, 1.54) is 18.5 Å². The third-order valence-corrected chi connectivity index (χ3v) is 5.74. The van der Waals surface area contributed by atoms with Gasteiger partial charge in [0.05, 0.1) is 5.60 Å². The molecule has 2 saturated carbocycles. The van der Waals surface area contributed by atoms with E-state index in [1.807, 2.05) is 6.07 Å². The normalized spacial score (nSPS) is 25.0. The van der Waals surface area contributed by atoms with Crippen LogP contribution >= 0.6 is 0 Å².